The van der Waals surface area contributed by atoms with Gasteiger partial charge >= 0.3 is 0 Å². The van der Waals surface area contributed by atoms with E-state index in [1.54, 1.807) is 0 Å². The highest BCUT2D eigenvalue weighted by Crippen LogP contribution is 2.12. The van der Waals surface area contributed by atoms with Gasteiger partial charge < -0.3 is 10.1 Å². The van der Waals surface area contributed by atoms with Gasteiger partial charge in [0.05, 0.1) is 12.6 Å². The Morgan fingerprint density at radius 2 is 2.16 bits per heavy atom. The molecule has 2 atom stereocenters. The topological polar surface area (TPSA) is 50.7 Å². The van der Waals surface area contributed by atoms with Crippen LogP contribution >= 0.6 is 0 Å². The van der Waals surface area contributed by atoms with E-state index < -0.39 is 6.04 Å². The van der Waals surface area contributed by atoms with E-state index in [9.17, 15) is 9.18 Å². The summed E-state index contributed by atoms with van der Waals surface area (Å²) in [6, 6.07) is 5.01. The lowest BCUT2D eigenvalue weighted by atomic mass is 10.0. The van der Waals surface area contributed by atoms with Crippen LogP contribution in [-0.4, -0.2) is 36.9 Å². The number of benzene rings is 1. The SMILES string of the molecule is CCOC1=N[C@@H](C(=O)c2ccc(F)cc2)CNC1C. The summed E-state index contributed by atoms with van der Waals surface area (Å²) in [5.41, 5.74) is 0.461. The molecule has 0 amide bonds. The van der Waals surface area contributed by atoms with Gasteiger partial charge in [0.2, 0.25) is 5.90 Å². The van der Waals surface area contributed by atoms with Crippen LogP contribution in [0.15, 0.2) is 29.3 Å². The Morgan fingerprint density at radius 1 is 1.47 bits per heavy atom. The van der Waals surface area contributed by atoms with E-state index >= 15 is 0 Å². The highest BCUT2D eigenvalue weighted by atomic mass is 19.1. The molecule has 4 nitrogen and oxygen atoms in total. The highest BCUT2D eigenvalue weighted by molar-refractivity contribution is 6.02. The molecule has 1 aliphatic rings. The van der Waals surface area contributed by atoms with Crippen LogP contribution in [0.2, 0.25) is 0 Å². The molecule has 1 aromatic rings. The Kier molecular flexibility index (Phi) is 4.27. The molecule has 0 spiro atoms. The molecule has 1 unspecified atom stereocenters. The number of hydrogen-bond acceptors (Lipinski definition) is 4. The number of hydrogen-bond donors (Lipinski definition) is 1. The Morgan fingerprint density at radius 3 is 2.79 bits per heavy atom. The summed E-state index contributed by atoms with van der Waals surface area (Å²) in [7, 11) is 0. The first kappa shape index (κ1) is 13.7. The maximum Gasteiger partial charge on any atom is 0.201 e. The normalized spacial score (nSPS) is 22.8. The van der Waals surface area contributed by atoms with E-state index in [2.05, 4.69) is 10.3 Å². The molecule has 0 bridgehead atoms. The van der Waals surface area contributed by atoms with Crippen LogP contribution < -0.4 is 5.32 Å². The predicted molar refractivity (Wildman–Crippen MR) is 71.0 cm³/mol. The third kappa shape index (κ3) is 3.17. The minimum Gasteiger partial charge on any atom is -0.480 e. The number of aliphatic imine (C=N–C) groups is 1. The van der Waals surface area contributed by atoms with Gasteiger partial charge in [-0.25, -0.2) is 9.38 Å². The van der Waals surface area contributed by atoms with Crippen molar-refractivity contribution in [2.24, 2.45) is 4.99 Å². The van der Waals surface area contributed by atoms with Crippen LogP contribution in [0, 0.1) is 5.82 Å². The molecular weight excluding hydrogens is 247 g/mol. The third-order valence-corrected chi connectivity index (χ3v) is 2.99. The molecule has 2 rings (SSSR count). The second-order valence-corrected chi connectivity index (χ2v) is 4.42. The average Bonchev–Trinajstić information content (AvgIpc) is 2.41. The maximum absolute atomic E-state index is 12.8. The third-order valence-electron chi connectivity index (χ3n) is 2.99. The van der Waals surface area contributed by atoms with E-state index in [0.717, 1.165) is 0 Å². The van der Waals surface area contributed by atoms with Crippen molar-refractivity contribution in [1.29, 1.82) is 0 Å². The molecule has 0 aliphatic carbocycles. The van der Waals surface area contributed by atoms with Crippen LogP contribution in [0.1, 0.15) is 24.2 Å². The van der Waals surface area contributed by atoms with Gasteiger partial charge in [-0.1, -0.05) is 0 Å². The van der Waals surface area contributed by atoms with Gasteiger partial charge in [0.25, 0.3) is 0 Å². The van der Waals surface area contributed by atoms with Crippen molar-refractivity contribution in [3.8, 4) is 0 Å². The summed E-state index contributed by atoms with van der Waals surface area (Å²) in [6.45, 7) is 4.80. The minimum absolute atomic E-state index is 0.0113. The van der Waals surface area contributed by atoms with Gasteiger partial charge in [0.1, 0.15) is 11.9 Å². The van der Waals surface area contributed by atoms with Crippen molar-refractivity contribution >= 4 is 11.7 Å². The molecule has 1 N–H and O–H groups in total. The van der Waals surface area contributed by atoms with Crippen LogP contribution in [0.3, 0.4) is 0 Å². The summed E-state index contributed by atoms with van der Waals surface area (Å²) in [5.74, 6) is 0.0660. The zero-order chi connectivity index (χ0) is 13.8. The quantitative estimate of drug-likeness (QED) is 0.847. The molecule has 0 radical (unpaired) electrons. The average molecular weight is 264 g/mol. The van der Waals surface area contributed by atoms with E-state index in [1.807, 2.05) is 13.8 Å². The highest BCUT2D eigenvalue weighted by Gasteiger charge is 2.27. The Balaban J connectivity index is 2.17. The summed E-state index contributed by atoms with van der Waals surface area (Å²) in [6.07, 6.45) is 0. The first-order valence-corrected chi connectivity index (χ1v) is 6.35. The molecule has 0 fully saturated rings. The Labute approximate surface area is 111 Å². The molecule has 0 saturated heterocycles. The van der Waals surface area contributed by atoms with Crippen molar-refractivity contribution in [1.82, 2.24) is 5.32 Å². The lowest BCUT2D eigenvalue weighted by molar-refractivity contribution is 0.0955. The van der Waals surface area contributed by atoms with Gasteiger partial charge in [-0.3, -0.25) is 4.79 Å². The summed E-state index contributed by atoms with van der Waals surface area (Å²) in [5, 5.41) is 3.18. The van der Waals surface area contributed by atoms with Gasteiger partial charge in [-0.05, 0) is 38.1 Å². The van der Waals surface area contributed by atoms with Crippen LogP contribution in [0.4, 0.5) is 4.39 Å². The number of ketones is 1. The largest absolute Gasteiger partial charge is 0.480 e. The Bertz CT molecular complexity index is 485. The van der Waals surface area contributed by atoms with Crippen LogP contribution in [0.25, 0.3) is 0 Å². The fourth-order valence-electron chi connectivity index (χ4n) is 1.95. The van der Waals surface area contributed by atoms with Gasteiger partial charge in [0, 0.05) is 12.1 Å². The molecule has 19 heavy (non-hydrogen) atoms. The maximum atomic E-state index is 12.8. The summed E-state index contributed by atoms with van der Waals surface area (Å²) >= 11 is 0. The molecule has 0 aromatic heterocycles. The summed E-state index contributed by atoms with van der Waals surface area (Å²) in [4.78, 5) is 16.6. The van der Waals surface area contributed by atoms with Gasteiger partial charge in [0.15, 0.2) is 5.78 Å². The second-order valence-electron chi connectivity index (χ2n) is 4.42. The van der Waals surface area contributed by atoms with Crippen molar-refractivity contribution in [3.05, 3.63) is 35.6 Å². The molecule has 102 valence electrons. The second kappa shape index (κ2) is 5.93. The zero-order valence-corrected chi connectivity index (χ0v) is 11.0. The first-order valence-electron chi connectivity index (χ1n) is 6.35. The van der Waals surface area contributed by atoms with Crippen LogP contribution in [0.5, 0.6) is 0 Å². The number of nitrogens with zero attached hydrogens (tertiary/aromatic N) is 1. The van der Waals surface area contributed by atoms with E-state index in [-0.39, 0.29) is 17.6 Å². The molecule has 1 aliphatic heterocycles. The standard InChI is InChI=1S/C14H17FN2O2/c1-3-19-14-9(2)16-8-12(17-14)13(18)10-4-6-11(15)7-5-10/h4-7,9,12,16H,3,8H2,1-2H3/t9?,12-/m1/s1. The van der Waals surface area contributed by atoms with Gasteiger partial charge in [-0.2, -0.15) is 0 Å². The number of halogens is 1. The fourth-order valence-corrected chi connectivity index (χ4v) is 1.95. The molecular formula is C14H17FN2O2. The summed E-state index contributed by atoms with van der Waals surface area (Å²) < 4.78 is 18.2. The fraction of sp³-hybridized carbons (Fsp3) is 0.429. The van der Waals surface area contributed by atoms with Gasteiger partial charge in [-0.15, -0.1) is 0 Å². The first-order chi connectivity index (χ1) is 9.11. The lowest BCUT2D eigenvalue weighted by Gasteiger charge is -2.25. The molecule has 1 aromatic carbocycles. The number of rotatable bonds is 3. The zero-order valence-electron chi connectivity index (χ0n) is 11.0. The Hall–Kier alpha value is -1.75. The van der Waals surface area contributed by atoms with Crippen LogP contribution in [-0.2, 0) is 4.74 Å². The monoisotopic (exact) mass is 264 g/mol. The molecule has 5 heteroatoms. The number of carbonyl (C=O) groups is 1. The van der Waals surface area contributed by atoms with E-state index in [1.165, 1.54) is 24.3 Å². The van der Waals surface area contributed by atoms with E-state index in [0.29, 0.717) is 24.6 Å². The van der Waals surface area contributed by atoms with E-state index in [4.69, 9.17) is 4.74 Å². The number of nitrogens with one attached hydrogen (secondary N) is 1. The number of Topliss-reactive ketones (excluding diaryl/α,β-unsaturated/α-hetero) is 1. The number of ether oxygens (including phenoxy) is 1. The lowest BCUT2D eigenvalue weighted by Crippen LogP contribution is -2.47. The molecule has 0 saturated carbocycles. The predicted octanol–water partition coefficient (Wildman–Crippen LogP) is 1.80. The molecule has 1 heterocycles. The van der Waals surface area contributed by atoms with Crippen molar-refractivity contribution in [2.45, 2.75) is 25.9 Å². The minimum atomic E-state index is -0.511. The smallest absolute Gasteiger partial charge is 0.201 e. The van der Waals surface area contributed by atoms with Crippen molar-refractivity contribution < 1.29 is 13.9 Å². The van der Waals surface area contributed by atoms with Crippen molar-refractivity contribution in [2.75, 3.05) is 13.2 Å². The number of carbonyl (C=O) groups excluding carboxylic acids is 1. The van der Waals surface area contributed by atoms with Crippen molar-refractivity contribution in [3.63, 3.8) is 0 Å².